The molecule has 0 radical (unpaired) electrons. The van der Waals surface area contributed by atoms with Gasteiger partial charge in [-0.2, -0.15) is 0 Å². The van der Waals surface area contributed by atoms with Crippen LogP contribution in [0.25, 0.3) is 10.9 Å². The summed E-state index contributed by atoms with van der Waals surface area (Å²) in [6.07, 6.45) is 1.75. The van der Waals surface area contributed by atoms with E-state index in [4.69, 9.17) is 11.6 Å². The summed E-state index contributed by atoms with van der Waals surface area (Å²) in [5.41, 5.74) is 2.53. The van der Waals surface area contributed by atoms with Crippen LogP contribution in [0.1, 0.15) is 28.8 Å². The number of aromatic nitrogens is 1. The summed E-state index contributed by atoms with van der Waals surface area (Å²) in [6, 6.07) is 15.4. The average Bonchev–Trinajstić information content (AvgIpc) is 2.92. The molecule has 3 aromatic rings. The first-order valence-electron chi connectivity index (χ1n) is 6.53. The topological polar surface area (TPSA) is 32.9 Å². The highest BCUT2D eigenvalue weighted by Crippen LogP contribution is 2.29. The minimum absolute atomic E-state index is 0.102. The molecular formula is C17H14ClNO. The number of carbonyl (C=O) groups is 1. The van der Waals surface area contributed by atoms with Crippen molar-refractivity contribution in [3.8, 4) is 0 Å². The number of aromatic amines is 1. The van der Waals surface area contributed by atoms with Gasteiger partial charge in [-0.15, -0.1) is 0 Å². The number of ketones is 1. The first kappa shape index (κ1) is 12.9. The molecule has 2 aromatic carbocycles. The summed E-state index contributed by atoms with van der Waals surface area (Å²) in [6.45, 7) is 1.93. The molecule has 1 atom stereocenters. The summed E-state index contributed by atoms with van der Waals surface area (Å²) in [5, 5.41) is 1.51. The van der Waals surface area contributed by atoms with Gasteiger partial charge in [0.05, 0.1) is 10.5 Å². The van der Waals surface area contributed by atoms with Crippen molar-refractivity contribution in [2.75, 3.05) is 0 Å². The SMILES string of the molecule is CC(C(=O)c1c[nH]c2c(Cl)cccc12)c1ccccc1. The van der Waals surface area contributed by atoms with E-state index in [1.165, 1.54) is 0 Å². The highest BCUT2D eigenvalue weighted by molar-refractivity contribution is 6.35. The number of H-pyrrole nitrogens is 1. The Morgan fingerprint density at radius 3 is 2.60 bits per heavy atom. The first-order chi connectivity index (χ1) is 9.68. The van der Waals surface area contributed by atoms with E-state index in [-0.39, 0.29) is 11.7 Å². The van der Waals surface area contributed by atoms with Crippen LogP contribution in [-0.4, -0.2) is 10.8 Å². The van der Waals surface area contributed by atoms with Gasteiger partial charge in [0, 0.05) is 23.1 Å². The molecule has 1 aromatic heterocycles. The Morgan fingerprint density at radius 1 is 1.10 bits per heavy atom. The van der Waals surface area contributed by atoms with Gasteiger partial charge in [0.15, 0.2) is 5.78 Å². The van der Waals surface area contributed by atoms with Crippen molar-refractivity contribution < 1.29 is 4.79 Å². The fourth-order valence-electron chi connectivity index (χ4n) is 2.45. The van der Waals surface area contributed by atoms with Gasteiger partial charge in [-0.25, -0.2) is 0 Å². The van der Waals surface area contributed by atoms with Gasteiger partial charge in [0.2, 0.25) is 0 Å². The van der Waals surface area contributed by atoms with Crippen molar-refractivity contribution in [2.24, 2.45) is 0 Å². The van der Waals surface area contributed by atoms with Gasteiger partial charge in [-0.05, 0) is 11.6 Å². The number of rotatable bonds is 3. The fourth-order valence-corrected chi connectivity index (χ4v) is 2.68. The zero-order valence-electron chi connectivity index (χ0n) is 11.1. The molecule has 0 saturated carbocycles. The Bertz CT molecular complexity index is 761. The quantitative estimate of drug-likeness (QED) is 0.688. The summed E-state index contributed by atoms with van der Waals surface area (Å²) in [4.78, 5) is 15.8. The second kappa shape index (κ2) is 5.14. The molecule has 0 spiro atoms. The van der Waals surface area contributed by atoms with Gasteiger partial charge in [-0.1, -0.05) is 61.0 Å². The Balaban J connectivity index is 2.03. The zero-order chi connectivity index (χ0) is 14.1. The minimum atomic E-state index is -0.172. The summed E-state index contributed by atoms with van der Waals surface area (Å²) >= 11 is 6.13. The zero-order valence-corrected chi connectivity index (χ0v) is 11.8. The highest BCUT2D eigenvalue weighted by atomic mass is 35.5. The summed E-state index contributed by atoms with van der Waals surface area (Å²) < 4.78 is 0. The van der Waals surface area contributed by atoms with Gasteiger partial charge >= 0.3 is 0 Å². The number of benzene rings is 2. The normalized spacial score (nSPS) is 12.5. The van der Waals surface area contributed by atoms with E-state index < -0.39 is 0 Å². The number of carbonyl (C=O) groups excluding carboxylic acids is 1. The standard InChI is InChI=1S/C17H14ClNO/c1-11(12-6-3-2-4-7-12)17(20)14-10-19-16-13(14)8-5-9-15(16)18/h2-11,19H,1H3. The maximum atomic E-state index is 12.7. The monoisotopic (exact) mass is 283 g/mol. The molecule has 100 valence electrons. The molecule has 0 aliphatic carbocycles. The van der Waals surface area contributed by atoms with E-state index in [0.29, 0.717) is 10.6 Å². The molecule has 3 heteroatoms. The predicted molar refractivity (Wildman–Crippen MR) is 82.5 cm³/mol. The van der Waals surface area contributed by atoms with Crippen LogP contribution in [0.2, 0.25) is 5.02 Å². The lowest BCUT2D eigenvalue weighted by Crippen LogP contribution is -2.08. The van der Waals surface area contributed by atoms with E-state index in [2.05, 4.69) is 4.98 Å². The van der Waals surface area contributed by atoms with Gasteiger partial charge < -0.3 is 4.98 Å². The van der Waals surface area contributed by atoms with Crippen molar-refractivity contribution in [3.05, 3.63) is 70.9 Å². The number of para-hydroxylation sites is 1. The molecule has 0 amide bonds. The van der Waals surface area contributed by atoms with Crippen molar-refractivity contribution in [1.82, 2.24) is 4.98 Å². The molecule has 0 aliphatic heterocycles. The minimum Gasteiger partial charge on any atom is -0.359 e. The van der Waals surface area contributed by atoms with Crippen molar-refractivity contribution in [2.45, 2.75) is 12.8 Å². The third-order valence-corrected chi connectivity index (χ3v) is 3.94. The van der Waals surface area contributed by atoms with Gasteiger partial charge in [0.1, 0.15) is 0 Å². The van der Waals surface area contributed by atoms with Crippen LogP contribution in [0.4, 0.5) is 0 Å². The molecule has 0 saturated heterocycles. The maximum absolute atomic E-state index is 12.7. The molecular weight excluding hydrogens is 270 g/mol. The maximum Gasteiger partial charge on any atom is 0.172 e. The lowest BCUT2D eigenvalue weighted by atomic mass is 9.92. The molecule has 0 fully saturated rings. The molecule has 1 N–H and O–H groups in total. The second-order valence-electron chi connectivity index (χ2n) is 4.86. The van der Waals surface area contributed by atoms with Crippen LogP contribution >= 0.6 is 11.6 Å². The third kappa shape index (κ3) is 2.12. The molecule has 0 bridgehead atoms. The van der Waals surface area contributed by atoms with Crippen molar-refractivity contribution >= 4 is 28.3 Å². The van der Waals surface area contributed by atoms with Gasteiger partial charge in [-0.3, -0.25) is 4.79 Å². The van der Waals surface area contributed by atoms with E-state index >= 15 is 0 Å². The van der Waals surface area contributed by atoms with Crippen LogP contribution < -0.4 is 0 Å². The van der Waals surface area contributed by atoms with Gasteiger partial charge in [0.25, 0.3) is 0 Å². The lowest BCUT2D eigenvalue weighted by Gasteiger charge is -2.10. The number of nitrogens with one attached hydrogen (secondary N) is 1. The summed E-state index contributed by atoms with van der Waals surface area (Å²) in [7, 11) is 0. The van der Waals surface area contributed by atoms with Crippen molar-refractivity contribution in [3.63, 3.8) is 0 Å². The second-order valence-corrected chi connectivity index (χ2v) is 5.27. The van der Waals surface area contributed by atoms with E-state index in [1.54, 1.807) is 6.20 Å². The largest absolute Gasteiger partial charge is 0.359 e. The van der Waals surface area contributed by atoms with Crippen LogP contribution in [0.5, 0.6) is 0 Å². The molecule has 20 heavy (non-hydrogen) atoms. The molecule has 1 unspecified atom stereocenters. The summed E-state index contributed by atoms with van der Waals surface area (Å²) in [5.74, 6) is -0.0705. The molecule has 3 rings (SSSR count). The van der Waals surface area contributed by atoms with E-state index in [1.807, 2.05) is 55.5 Å². The molecule has 0 aliphatic rings. The Labute approximate surface area is 122 Å². The first-order valence-corrected chi connectivity index (χ1v) is 6.91. The number of hydrogen-bond acceptors (Lipinski definition) is 1. The Kier molecular flexibility index (Phi) is 3.33. The van der Waals surface area contributed by atoms with Crippen LogP contribution in [0.15, 0.2) is 54.7 Å². The van der Waals surface area contributed by atoms with Crippen molar-refractivity contribution in [1.29, 1.82) is 0 Å². The number of fused-ring (bicyclic) bond motifs is 1. The average molecular weight is 284 g/mol. The van der Waals surface area contributed by atoms with E-state index in [0.717, 1.165) is 16.5 Å². The molecule has 2 nitrogen and oxygen atoms in total. The van der Waals surface area contributed by atoms with Crippen LogP contribution in [-0.2, 0) is 0 Å². The Hall–Kier alpha value is -2.06. The number of halogens is 1. The number of hydrogen-bond donors (Lipinski definition) is 1. The fraction of sp³-hybridized carbons (Fsp3) is 0.118. The molecule has 1 heterocycles. The predicted octanol–water partition coefficient (Wildman–Crippen LogP) is 4.81. The Morgan fingerprint density at radius 2 is 1.85 bits per heavy atom. The van der Waals surface area contributed by atoms with Crippen LogP contribution in [0.3, 0.4) is 0 Å². The van der Waals surface area contributed by atoms with Crippen LogP contribution in [0, 0.1) is 0 Å². The third-order valence-electron chi connectivity index (χ3n) is 3.62. The smallest absolute Gasteiger partial charge is 0.172 e. The highest BCUT2D eigenvalue weighted by Gasteiger charge is 2.20. The van der Waals surface area contributed by atoms with E-state index in [9.17, 15) is 4.79 Å². The number of Topliss-reactive ketones (excluding diaryl/α,β-unsaturated/α-hetero) is 1. The lowest BCUT2D eigenvalue weighted by molar-refractivity contribution is 0.0968.